The number of aliphatic carboxylic acids is 1. The number of aliphatic hydroxyl groups excluding tert-OH is 1. The lowest BCUT2D eigenvalue weighted by Crippen LogP contribution is -2.46. The molecule has 0 aromatic heterocycles. The third-order valence-electron chi connectivity index (χ3n) is 6.20. The molecule has 4 N–H and O–H groups in total. The van der Waals surface area contributed by atoms with E-state index < -0.39 is 12.1 Å². The van der Waals surface area contributed by atoms with Crippen LogP contribution in [0.25, 0.3) is 5.57 Å². The Balaban J connectivity index is 0.000000509. The number of nitrogens with two attached hydrogens (primary N) is 1. The maximum Gasteiger partial charge on any atom is 0.490 e. The zero-order chi connectivity index (χ0) is 25.5. The molecule has 34 heavy (non-hydrogen) atoms. The van der Waals surface area contributed by atoms with Gasteiger partial charge in [0.15, 0.2) is 0 Å². The van der Waals surface area contributed by atoms with Crippen molar-refractivity contribution in [1.82, 2.24) is 9.80 Å². The predicted molar refractivity (Wildman–Crippen MR) is 123 cm³/mol. The number of hydrogen-bond acceptors (Lipinski definition) is 5. The summed E-state index contributed by atoms with van der Waals surface area (Å²) in [6, 6.07) is 6.11. The molecular weight excluding hydrogens is 451 g/mol. The van der Waals surface area contributed by atoms with Gasteiger partial charge >= 0.3 is 12.1 Å². The molecule has 1 aromatic carbocycles. The molecular formula is C24H34F3N3O4. The van der Waals surface area contributed by atoms with Gasteiger partial charge in [0.25, 0.3) is 0 Å². The SMILES string of the molecule is CC1(C)CC=C(c2cc(CN3CCN(CCO)CC3)ccc2C(N)=O)CC1.O=C(O)C(F)(F)F. The van der Waals surface area contributed by atoms with Crippen LogP contribution in [0.1, 0.15) is 54.6 Å². The Labute approximate surface area is 198 Å². The number of piperazine rings is 1. The highest BCUT2D eigenvalue weighted by Crippen LogP contribution is 2.39. The van der Waals surface area contributed by atoms with Gasteiger partial charge in [0.1, 0.15) is 0 Å². The summed E-state index contributed by atoms with van der Waals surface area (Å²) in [5.41, 5.74) is 10.1. The van der Waals surface area contributed by atoms with E-state index in [0.29, 0.717) is 11.0 Å². The number of alkyl halides is 3. The van der Waals surface area contributed by atoms with Gasteiger partial charge in [-0.25, -0.2) is 4.79 Å². The fourth-order valence-corrected chi connectivity index (χ4v) is 4.06. The van der Waals surface area contributed by atoms with Crippen LogP contribution in [0.3, 0.4) is 0 Å². The van der Waals surface area contributed by atoms with Gasteiger partial charge in [-0.15, -0.1) is 0 Å². The van der Waals surface area contributed by atoms with Crippen molar-refractivity contribution < 1.29 is 33.0 Å². The lowest BCUT2D eigenvalue weighted by Gasteiger charge is -2.34. The number of amides is 1. The summed E-state index contributed by atoms with van der Waals surface area (Å²) < 4.78 is 31.7. The Morgan fingerprint density at radius 3 is 2.18 bits per heavy atom. The van der Waals surface area contributed by atoms with E-state index in [-0.39, 0.29) is 12.5 Å². The van der Waals surface area contributed by atoms with E-state index in [1.54, 1.807) is 0 Å². The number of hydrogen-bond donors (Lipinski definition) is 3. The maximum atomic E-state index is 11.9. The summed E-state index contributed by atoms with van der Waals surface area (Å²) in [6.07, 6.45) is 0.380. The first kappa shape index (κ1) is 27.8. The van der Waals surface area contributed by atoms with Crippen LogP contribution in [0, 0.1) is 5.41 Å². The number of carbonyl (C=O) groups excluding carboxylic acids is 1. The molecule has 1 saturated heterocycles. The number of carboxylic acid groups (broad SMARTS) is 1. The molecule has 1 aromatic rings. The Kier molecular flexibility index (Phi) is 9.66. The van der Waals surface area contributed by atoms with E-state index >= 15 is 0 Å². The third-order valence-corrected chi connectivity index (χ3v) is 6.20. The first-order valence-corrected chi connectivity index (χ1v) is 11.3. The smallest absolute Gasteiger partial charge is 0.475 e. The molecule has 7 nitrogen and oxygen atoms in total. The first-order valence-electron chi connectivity index (χ1n) is 11.3. The Hall–Kier alpha value is -2.43. The van der Waals surface area contributed by atoms with Crippen molar-refractivity contribution in [2.45, 2.75) is 45.8 Å². The minimum atomic E-state index is -5.08. The van der Waals surface area contributed by atoms with Gasteiger partial charge in [-0.1, -0.05) is 26.0 Å². The van der Waals surface area contributed by atoms with E-state index in [0.717, 1.165) is 64.1 Å². The van der Waals surface area contributed by atoms with Crippen LogP contribution in [0.15, 0.2) is 24.3 Å². The number of carboxylic acids is 1. The van der Waals surface area contributed by atoms with E-state index in [1.807, 2.05) is 12.1 Å². The molecule has 1 aliphatic carbocycles. The number of aliphatic hydroxyl groups is 1. The number of allylic oxidation sites excluding steroid dienone is 2. The number of benzene rings is 1. The fraction of sp³-hybridized carbons (Fsp3) is 0.583. The summed E-state index contributed by atoms with van der Waals surface area (Å²) in [7, 11) is 0. The second-order valence-corrected chi connectivity index (χ2v) is 9.49. The summed E-state index contributed by atoms with van der Waals surface area (Å²) >= 11 is 0. The van der Waals surface area contributed by atoms with Crippen molar-refractivity contribution >= 4 is 17.4 Å². The summed E-state index contributed by atoms with van der Waals surface area (Å²) in [5, 5.41) is 16.2. The number of β-amino-alcohol motifs (C(OH)–C–C–N with tert-alkyl or cyclic N) is 1. The molecule has 2 aliphatic rings. The van der Waals surface area contributed by atoms with Crippen LogP contribution in [0.2, 0.25) is 0 Å². The molecule has 0 unspecified atom stereocenters. The number of nitrogens with zero attached hydrogens (tertiary/aromatic N) is 2. The molecule has 1 heterocycles. The van der Waals surface area contributed by atoms with Crippen LogP contribution in [0.5, 0.6) is 0 Å². The van der Waals surface area contributed by atoms with Crippen molar-refractivity contribution in [2.75, 3.05) is 39.3 Å². The second-order valence-electron chi connectivity index (χ2n) is 9.49. The van der Waals surface area contributed by atoms with Gasteiger partial charge in [-0.05, 0) is 53.5 Å². The molecule has 1 fully saturated rings. The van der Waals surface area contributed by atoms with E-state index in [2.05, 4.69) is 35.8 Å². The van der Waals surface area contributed by atoms with E-state index in [9.17, 15) is 18.0 Å². The molecule has 1 aliphatic heterocycles. The van der Waals surface area contributed by atoms with Gasteiger partial charge in [0, 0.05) is 44.8 Å². The molecule has 0 radical (unpaired) electrons. The first-order chi connectivity index (χ1) is 15.8. The summed E-state index contributed by atoms with van der Waals surface area (Å²) in [5.74, 6) is -3.10. The average molecular weight is 486 g/mol. The maximum absolute atomic E-state index is 11.9. The van der Waals surface area contributed by atoms with Gasteiger partial charge in [-0.2, -0.15) is 13.2 Å². The monoisotopic (exact) mass is 485 g/mol. The van der Waals surface area contributed by atoms with Crippen LogP contribution in [-0.4, -0.2) is 77.4 Å². The quantitative estimate of drug-likeness (QED) is 0.572. The van der Waals surface area contributed by atoms with Crippen LogP contribution in [-0.2, 0) is 11.3 Å². The van der Waals surface area contributed by atoms with Gasteiger partial charge in [-0.3, -0.25) is 14.6 Å². The van der Waals surface area contributed by atoms with Crippen LogP contribution >= 0.6 is 0 Å². The molecule has 10 heteroatoms. The van der Waals surface area contributed by atoms with Crippen molar-refractivity contribution in [1.29, 1.82) is 0 Å². The molecule has 0 bridgehead atoms. The van der Waals surface area contributed by atoms with Gasteiger partial charge in [0.2, 0.25) is 5.91 Å². The number of carbonyl (C=O) groups is 2. The Bertz CT molecular complexity index is 892. The Morgan fingerprint density at radius 1 is 1.12 bits per heavy atom. The highest BCUT2D eigenvalue weighted by Gasteiger charge is 2.38. The van der Waals surface area contributed by atoms with E-state index in [1.165, 1.54) is 11.1 Å². The topological polar surface area (TPSA) is 107 Å². The Morgan fingerprint density at radius 2 is 1.71 bits per heavy atom. The molecule has 190 valence electrons. The lowest BCUT2D eigenvalue weighted by molar-refractivity contribution is -0.192. The highest BCUT2D eigenvalue weighted by atomic mass is 19.4. The van der Waals surface area contributed by atoms with E-state index in [4.69, 9.17) is 20.7 Å². The molecule has 0 spiro atoms. The summed E-state index contributed by atoms with van der Waals surface area (Å²) in [4.78, 5) is 25.6. The predicted octanol–water partition coefficient (Wildman–Crippen LogP) is 3.12. The highest BCUT2D eigenvalue weighted by molar-refractivity contribution is 5.98. The van der Waals surface area contributed by atoms with Crippen molar-refractivity contribution in [3.05, 3.63) is 41.0 Å². The third kappa shape index (κ3) is 8.41. The number of primary amides is 1. The largest absolute Gasteiger partial charge is 0.490 e. The normalized spacial score (nSPS) is 19.1. The lowest BCUT2D eigenvalue weighted by atomic mass is 9.76. The van der Waals surface area contributed by atoms with Crippen molar-refractivity contribution in [3.63, 3.8) is 0 Å². The minimum Gasteiger partial charge on any atom is -0.475 e. The average Bonchev–Trinajstić information content (AvgIpc) is 2.75. The molecule has 3 rings (SSSR count). The van der Waals surface area contributed by atoms with Crippen LogP contribution < -0.4 is 5.73 Å². The molecule has 0 saturated carbocycles. The molecule has 0 atom stereocenters. The van der Waals surface area contributed by atoms with Gasteiger partial charge < -0.3 is 15.9 Å². The van der Waals surface area contributed by atoms with Gasteiger partial charge in [0.05, 0.1) is 6.61 Å². The molecule has 1 amide bonds. The van der Waals surface area contributed by atoms with Crippen molar-refractivity contribution in [3.8, 4) is 0 Å². The standard InChI is InChI=1S/C22H33N3O2.C2HF3O2/c1-22(2)7-5-18(6-8-22)20-15-17(3-4-19(20)21(23)27)16-25-11-9-24(10-12-25)13-14-26;3-2(4,5)1(6)7/h3-5,15,26H,6-14,16H2,1-2H3,(H2,23,27);(H,6,7). The zero-order valence-electron chi connectivity index (χ0n) is 19.7. The fourth-order valence-electron chi connectivity index (χ4n) is 4.06. The number of halogens is 3. The summed E-state index contributed by atoms with van der Waals surface area (Å²) in [6.45, 7) is 10.5. The van der Waals surface area contributed by atoms with Crippen LogP contribution in [0.4, 0.5) is 13.2 Å². The zero-order valence-corrected chi connectivity index (χ0v) is 19.7. The second kappa shape index (κ2) is 11.8. The van der Waals surface area contributed by atoms with Crippen molar-refractivity contribution in [2.24, 2.45) is 11.1 Å². The minimum absolute atomic E-state index is 0.226. The number of rotatable bonds is 6.